The van der Waals surface area contributed by atoms with Crippen molar-refractivity contribution in [3.8, 4) is 0 Å². The second kappa shape index (κ2) is 3.40. The molecule has 0 saturated carbocycles. The number of hydrogen-bond acceptors (Lipinski definition) is 0. The van der Waals surface area contributed by atoms with Gasteiger partial charge in [-0.1, -0.05) is 43.2 Å². The van der Waals surface area contributed by atoms with E-state index in [9.17, 15) is 0 Å². The van der Waals surface area contributed by atoms with Crippen LogP contribution in [0.2, 0.25) is 0 Å². The summed E-state index contributed by atoms with van der Waals surface area (Å²) < 4.78 is 0. The lowest BCUT2D eigenvalue weighted by molar-refractivity contribution is 0.900. The van der Waals surface area contributed by atoms with E-state index in [4.69, 9.17) is 0 Å². The van der Waals surface area contributed by atoms with E-state index < -0.39 is 0 Å². The highest BCUT2D eigenvalue weighted by Gasteiger charge is 1.96. The molecule has 0 spiro atoms. The van der Waals surface area contributed by atoms with Crippen LogP contribution in [0.4, 0.5) is 0 Å². The van der Waals surface area contributed by atoms with Crippen molar-refractivity contribution in [3.63, 3.8) is 0 Å². The first-order valence-electron chi connectivity index (χ1n) is 3.89. The van der Waals surface area contributed by atoms with Gasteiger partial charge in [0.15, 0.2) is 0 Å². The van der Waals surface area contributed by atoms with Crippen molar-refractivity contribution < 1.29 is 0 Å². The van der Waals surface area contributed by atoms with Crippen LogP contribution in [0, 0.1) is 0 Å². The summed E-state index contributed by atoms with van der Waals surface area (Å²) in [5.74, 6) is 0. The molecule has 0 aromatic rings. The first kappa shape index (κ1) is 7.33. The van der Waals surface area contributed by atoms with Gasteiger partial charge in [-0.15, -0.1) is 0 Å². The minimum atomic E-state index is 1.23. The molecule has 0 bridgehead atoms. The average molecular weight is 134 g/mol. The fourth-order valence-corrected chi connectivity index (χ4v) is 1.18. The van der Waals surface area contributed by atoms with Gasteiger partial charge in [0, 0.05) is 0 Å². The molecule has 0 fully saturated rings. The molecule has 0 radical (unpaired) electrons. The van der Waals surface area contributed by atoms with Crippen LogP contribution < -0.4 is 0 Å². The molecule has 1 aliphatic rings. The molecule has 0 heterocycles. The van der Waals surface area contributed by atoms with E-state index in [-0.39, 0.29) is 0 Å². The zero-order valence-corrected chi connectivity index (χ0v) is 6.72. The molecule has 1 rings (SSSR count). The molecule has 0 nitrogen and oxygen atoms in total. The Morgan fingerprint density at radius 2 is 1.90 bits per heavy atom. The van der Waals surface area contributed by atoms with E-state index in [1.54, 1.807) is 0 Å². The molecular weight excluding hydrogens is 120 g/mol. The number of hydrogen-bond donors (Lipinski definition) is 0. The number of rotatable bonds is 2. The van der Waals surface area contributed by atoms with E-state index in [1.165, 1.54) is 24.0 Å². The molecule has 0 aliphatic heterocycles. The highest BCUT2D eigenvalue weighted by atomic mass is 14.0. The van der Waals surface area contributed by atoms with Gasteiger partial charge in [0.05, 0.1) is 0 Å². The van der Waals surface area contributed by atoms with Crippen molar-refractivity contribution >= 4 is 0 Å². The van der Waals surface area contributed by atoms with Gasteiger partial charge >= 0.3 is 0 Å². The lowest BCUT2D eigenvalue weighted by Gasteiger charge is -1.99. The SMILES string of the molecule is CCCC(C)=C1C=CC=C1. The lowest BCUT2D eigenvalue weighted by atomic mass is 10.1. The maximum absolute atomic E-state index is 2.21. The zero-order valence-electron chi connectivity index (χ0n) is 6.72. The molecule has 0 aromatic heterocycles. The normalized spacial score (nSPS) is 14.8. The quantitative estimate of drug-likeness (QED) is 0.544. The highest BCUT2D eigenvalue weighted by Crippen LogP contribution is 2.16. The van der Waals surface area contributed by atoms with E-state index in [0.717, 1.165) is 0 Å². The molecule has 1 aliphatic carbocycles. The van der Waals surface area contributed by atoms with Crippen molar-refractivity contribution in [2.75, 3.05) is 0 Å². The first-order valence-corrected chi connectivity index (χ1v) is 3.89. The molecule has 0 heteroatoms. The van der Waals surface area contributed by atoms with E-state index in [1.807, 2.05) is 0 Å². The van der Waals surface area contributed by atoms with Gasteiger partial charge < -0.3 is 0 Å². The van der Waals surface area contributed by atoms with Gasteiger partial charge in [0.1, 0.15) is 0 Å². The molecule has 0 saturated heterocycles. The van der Waals surface area contributed by atoms with Gasteiger partial charge in [-0.3, -0.25) is 0 Å². The van der Waals surface area contributed by atoms with Crippen LogP contribution in [0.15, 0.2) is 35.5 Å². The van der Waals surface area contributed by atoms with Gasteiger partial charge in [0.25, 0.3) is 0 Å². The Morgan fingerprint density at radius 3 is 2.40 bits per heavy atom. The average Bonchev–Trinajstić information content (AvgIpc) is 2.38. The molecule has 0 atom stereocenters. The fraction of sp³-hybridized carbons (Fsp3) is 0.400. The standard InChI is InChI=1S/C10H14/c1-3-6-9(2)10-7-4-5-8-10/h4-5,7-8H,3,6H2,1-2H3. The Hall–Kier alpha value is -0.780. The monoisotopic (exact) mass is 134 g/mol. The molecule has 0 amide bonds. The molecule has 0 aromatic carbocycles. The van der Waals surface area contributed by atoms with Crippen LogP contribution in [0.3, 0.4) is 0 Å². The van der Waals surface area contributed by atoms with Crippen molar-refractivity contribution in [3.05, 3.63) is 35.5 Å². The maximum Gasteiger partial charge on any atom is -0.0267 e. The predicted molar refractivity (Wildman–Crippen MR) is 45.9 cm³/mol. The summed E-state index contributed by atoms with van der Waals surface area (Å²) in [4.78, 5) is 0. The summed E-state index contributed by atoms with van der Waals surface area (Å²) in [7, 11) is 0. The Labute approximate surface area is 62.9 Å². The van der Waals surface area contributed by atoms with E-state index >= 15 is 0 Å². The third-order valence-electron chi connectivity index (χ3n) is 1.78. The third kappa shape index (κ3) is 1.60. The van der Waals surface area contributed by atoms with Gasteiger partial charge in [-0.2, -0.15) is 0 Å². The van der Waals surface area contributed by atoms with Crippen molar-refractivity contribution in [2.45, 2.75) is 26.7 Å². The van der Waals surface area contributed by atoms with Crippen LogP contribution in [-0.4, -0.2) is 0 Å². The summed E-state index contributed by atoms with van der Waals surface area (Å²) in [5.41, 5.74) is 2.91. The molecule has 10 heavy (non-hydrogen) atoms. The minimum Gasteiger partial charge on any atom is -0.0661 e. The largest absolute Gasteiger partial charge is 0.0661 e. The van der Waals surface area contributed by atoms with E-state index in [0.29, 0.717) is 0 Å². The van der Waals surface area contributed by atoms with Crippen molar-refractivity contribution in [1.29, 1.82) is 0 Å². The molecule has 0 N–H and O–H groups in total. The lowest BCUT2D eigenvalue weighted by Crippen LogP contribution is -1.79. The van der Waals surface area contributed by atoms with Crippen LogP contribution in [0.5, 0.6) is 0 Å². The Balaban J connectivity index is 2.65. The predicted octanol–water partition coefficient (Wildman–Crippen LogP) is 3.23. The summed E-state index contributed by atoms with van der Waals surface area (Å²) in [6.07, 6.45) is 11.0. The summed E-state index contributed by atoms with van der Waals surface area (Å²) in [6, 6.07) is 0. The fourth-order valence-electron chi connectivity index (χ4n) is 1.18. The number of allylic oxidation sites excluding steroid dienone is 6. The molecular formula is C10H14. The highest BCUT2D eigenvalue weighted by molar-refractivity contribution is 5.42. The minimum absolute atomic E-state index is 1.23. The van der Waals surface area contributed by atoms with Gasteiger partial charge in [-0.25, -0.2) is 0 Å². The second-order valence-electron chi connectivity index (χ2n) is 2.70. The van der Waals surface area contributed by atoms with E-state index in [2.05, 4.69) is 38.2 Å². The smallest absolute Gasteiger partial charge is 0.0267 e. The van der Waals surface area contributed by atoms with Crippen LogP contribution in [0.25, 0.3) is 0 Å². The zero-order chi connectivity index (χ0) is 7.40. The Bertz CT molecular complexity index is 178. The third-order valence-corrected chi connectivity index (χ3v) is 1.78. The maximum atomic E-state index is 2.21. The van der Waals surface area contributed by atoms with Crippen molar-refractivity contribution in [2.24, 2.45) is 0 Å². The van der Waals surface area contributed by atoms with Crippen LogP contribution in [-0.2, 0) is 0 Å². The van der Waals surface area contributed by atoms with Crippen LogP contribution in [0.1, 0.15) is 26.7 Å². The van der Waals surface area contributed by atoms with Gasteiger partial charge in [0.2, 0.25) is 0 Å². The summed E-state index contributed by atoms with van der Waals surface area (Å²) in [5, 5.41) is 0. The Morgan fingerprint density at radius 1 is 1.30 bits per heavy atom. The topological polar surface area (TPSA) is 0 Å². The van der Waals surface area contributed by atoms with Crippen molar-refractivity contribution in [1.82, 2.24) is 0 Å². The van der Waals surface area contributed by atoms with Gasteiger partial charge in [-0.05, 0) is 18.9 Å². The first-order chi connectivity index (χ1) is 4.84. The second-order valence-corrected chi connectivity index (χ2v) is 2.70. The molecule has 0 unspecified atom stereocenters. The summed E-state index contributed by atoms with van der Waals surface area (Å²) >= 11 is 0. The Kier molecular flexibility index (Phi) is 2.49. The molecule has 54 valence electrons. The summed E-state index contributed by atoms with van der Waals surface area (Å²) in [6.45, 7) is 4.42. The van der Waals surface area contributed by atoms with Crippen LogP contribution >= 0.6 is 0 Å².